The molecule has 10 atom stereocenters. The van der Waals surface area contributed by atoms with Crippen LogP contribution in [0, 0.1) is 45.8 Å². The van der Waals surface area contributed by atoms with Crippen molar-refractivity contribution < 1.29 is 24.3 Å². The highest BCUT2D eigenvalue weighted by atomic mass is 32.2. The van der Waals surface area contributed by atoms with Crippen LogP contribution in [0.2, 0.25) is 0 Å². The zero-order valence-electron chi connectivity index (χ0n) is 22.8. The number of hydrogen-bond donors (Lipinski definition) is 2. The Morgan fingerprint density at radius 3 is 2.69 bits per heavy atom. The molecule has 0 aliphatic heterocycles. The number of allylic oxidation sites excluding steroid dienone is 4. The average Bonchev–Trinajstić information content (AvgIpc) is 3.45. The van der Waals surface area contributed by atoms with E-state index >= 15 is 4.39 Å². The minimum absolute atomic E-state index is 0.0140. The lowest BCUT2D eigenvalue weighted by Crippen LogP contribution is -2.67. The van der Waals surface area contributed by atoms with E-state index in [9.17, 15) is 14.7 Å². The van der Waals surface area contributed by atoms with Gasteiger partial charge in [-0.05, 0) is 71.6 Å². The third kappa shape index (κ3) is 5.22. The van der Waals surface area contributed by atoms with Gasteiger partial charge in [0.15, 0.2) is 10.9 Å². The minimum atomic E-state index is -1.24. The molecule has 10 heteroatoms. The second-order valence-electron chi connectivity index (χ2n) is 12.0. The number of hydrogen-bond acceptors (Lipinski definition) is 8. The van der Waals surface area contributed by atoms with Crippen LogP contribution in [0.3, 0.4) is 0 Å². The van der Waals surface area contributed by atoms with E-state index in [1.807, 2.05) is 30.5 Å². The Morgan fingerprint density at radius 1 is 1.36 bits per heavy atom. The lowest BCUT2D eigenvalue weighted by atomic mass is 9.46. The zero-order chi connectivity index (χ0) is 28.8. The minimum Gasteiger partial charge on any atom is -0.392 e. The summed E-state index contributed by atoms with van der Waals surface area (Å²) in [6.07, 6.45) is 4.20. The van der Waals surface area contributed by atoms with Crippen molar-refractivity contribution in [2.45, 2.75) is 64.0 Å². The van der Waals surface area contributed by atoms with Gasteiger partial charge in [-0.25, -0.2) is 4.39 Å². The van der Waals surface area contributed by atoms with Gasteiger partial charge in [0.1, 0.15) is 6.17 Å². The summed E-state index contributed by atoms with van der Waals surface area (Å²) in [5, 5.41) is 31.7. The number of carbonyl (C=O) groups excluding carboxylic acids is 2. The van der Waals surface area contributed by atoms with Gasteiger partial charge in [-0.15, -0.1) is 20.6 Å². The molecule has 6 nitrogen and oxygen atoms in total. The number of aliphatic hydroxyl groups excluding tert-OH is 1. The van der Waals surface area contributed by atoms with Crippen LogP contribution < -0.4 is 0 Å². The molecule has 0 radical (unpaired) electrons. The van der Waals surface area contributed by atoms with Gasteiger partial charge in [0.25, 0.3) is 0 Å². The van der Waals surface area contributed by atoms with E-state index in [0.29, 0.717) is 18.5 Å². The van der Waals surface area contributed by atoms with Crippen LogP contribution in [0.15, 0.2) is 41.3 Å². The summed E-state index contributed by atoms with van der Waals surface area (Å²) in [5.74, 6) is -0.261. The molecule has 3 fully saturated rings. The van der Waals surface area contributed by atoms with Gasteiger partial charge >= 0.3 is 0 Å². The standard InChI is InChI=1S/C23H29FNO3PS.C6H9NOS/c1-12-8-14-15-10-17(24)16-9-13(26)4-5-22(16,3)23(15,29)18(27)11-21(14,2)19(12)20(28)30-7-6-25;1-7(8)5-6-3-2-4-9-6/h4-5,9,12,14-15,17-19,27H,7-8,10-11,29H2,1-3H3;2-4,8H,5H2,1H3/t12-,14?,15?,17+,18?,19?,21?,22?,23+;/m1./s1. The number of ketones is 1. The molecule has 0 aromatic carbocycles. The summed E-state index contributed by atoms with van der Waals surface area (Å²) >= 11 is 2.71. The van der Waals surface area contributed by atoms with Crippen LogP contribution >= 0.6 is 32.3 Å². The molecule has 4 aliphatic carbocycles. The first-order chi connectivity index (χ1) is 18.3. The Kier molecular flexibility index (Phi) is 8.98. The van der Waals surface area contributed by atoms with E-state index in [1.165, 1.54) is 22.1 Å². The highest BCUT2D eigenvalue weighted by Gasteiger charge is 2.70. The maximum atomic E-state index is 15.5. The Morgan fingerprint density at radius 2 is 2.08 bits per heavy atom. The first-order valence-corrected chi connectivity index (χ1v) is 15.8. The van der Waals surface area contributed by atoms with Crippen LogP contribution in [0.1, 0.15) is 44.9 Å². The number of nitriles is 1. The molecular formula is C29H38FN2O4PS2. The largest absolute Gasteiger partial charge is 0.392 e. The predicted octanol–water partition coefficient (Wildman–Crippen LogP) is 5.43. The Bertz CT molecular complexity index is 1200. The zero-order valence-corrected chi connectivity index (χ0v) is 25.6. The number of halogens is 1. The van der Waals surface area contributed by atoms with E-state index < -0.39 is 28.3 Å². The predicted molar refractivity (Wildman–Crippen MR) is 156 cm³/mol. The second kappa shape index (κ2) is 11.5. The number of nitrogens with zero attached hydrogens (tertiary/aromatic N) is 2. The summed E-state index contributed by atoms with van der Waals surface area (Å²) in [5.41, 5.74) is -0.739. The third-order valence-corrected chi connectivity index (χ3v) is 12.8. The number of fused-ring (bicyclic) bond motifs is 5. The SMILES string of the molecule is CN(O)Cc1cccs1.C[C@@H]1CC2C3C[C@H](F)C4=CC(=O)C=CC4(C)[C@@]3(P)C(O)CC2(C)C1C(=O)SCC#N. The van der Waals surface area contributed by atoms with Crippen molar-refractivity contribution in [2.75, 3.05) is 12.8 Å². The van der Waals surface area contributed by atoms with Crippen molar-refractivity contribution in [3.63, 3.8) is 0 Å². The summed E-state index contributed by atoms with van der Waals surface area (Å²) in [6.45, 7) is 6.70. The summed E-state index contributed by atoms with van der Waals surface area (Å²) < 4.78 is 15.5. The maximum Gasteiger partial charge on any atom is 0.193 e. The molecule has 1 aromatic heterocycles. The molecular weight excluding hydrogens is 554 g/mol. The first-order valence-electron chi connectivity index (χ1n) is 13.3. The molecule has 0 spiro atoms. The second-order valence-corrected chi connectivity index (χ2v) is 14.9. The number of hydroxylamine groups is 2. The number of carbonyl (C=O) groups is 2. The number of aliphatic hydroxyl groups is 1. The van der Waals surface area contributed by atoms with Gasteiger partial charge in [0.2, 0.25) is 0 Å². The van der Waals surface area contributed by atoms with Crippen molar-refractivity contribution >= 4 is 43.2 Å². The van der Waals surface area contributed by atoms with Crippen molar-refractivity contribution in [3.05, 3.63) is 46.2 Å². The van der Waals surface area contributed by atoms with Gasteiger partial charge in [0.05, 0.1) is 24.5 Å². The smallest absolute Gasteiger partial charge is 0.193 e. The van der Waals surface area contributed by atoms with Gasteiger partial charge in [-0.3, -0.25) is 9.59 Å². The molecule has 0 bridgehead atoms. The lowest BCUT2D eigenvalue weighted by molar-refractivity contribution is -0.129. The molecule has 2 N–H and O–H groups in total. The average molecular weight is 593 g/mol. The van der Waals surface area contributed by atoms with Crippen LogP contribution in [-0.2, 0) is 16.1 Å². The molecule has 0 amide bonds. The fourth-order valence-corrected chi connectivity index (χ4v) is 10.4. The number of alkyl halides is 1. The Labute approximate surface area is 240 Å². The molecule has 1 aromatic rings. The number of thioether (sulfide) groups is 1. The quantitative estimate of drug-likeness (QED) is 0.355. The monoisotopic (exact) mass is 592 g/mol. The normalized spacial score (nSPS) is 40.5. The van der Waals surface area contributed by atoms with E-state index in [-0.39, 0.29) is 46.7 Å². The molecule has 4 aliphatic rings. The van der Waals surface area contributed by atoms with Crippen molar-refractivity contribution in [3.8, 4) is 6.07 Å². The lowest BCUT2D eigenvalue weighted by Gasteiger charge is -2.65. The molecule has 7 unspecified atom stereocenters. The van der Waals surface area contributed by atoms with E-state index in [2.05, 4.69) is 23.1 Å². The molecule has 3 saturated carbocycles. The molecule has 212 valence electrons. The molecule has 5 rings (SSSR count). The van der Waals surface area contributed by atoms with E-state index in [4.69, 9.17) is 10.5 Å². The van der Waals surface area contributed by atoms with E-state index in [0.717, 1.165) is 18.2 Å². The van der Waals surface area contributed by atoms with Gasteiger partial charge in [-0.1, -0.05) is 44.7 Å². The van der Waals surface area contributed by atoms with Gasteiger partial charge < -0.3 is 10.3 Å². The van der Waals surface area contributed by atoms with Crippen LogP contribution in [0.25, 0.3) is 0 Å². The Balaban J connectivity index is 0.000000333. The van der Waals surface area contributed by atoms with Gasteiger partial charge in [0, 0.05) is 28.4 Å². The number of thiophene rings is 1. The summed E-state index contributed by atoms with van der Waals surface area (Å²) in [6, 6.07) is 6.00. The van der Waals surface area contributed by atoms with Crippen LogP contribution in [0.5, 0.6) is 0 Å². The summed E-state index contributed by atoms with van der Waals surface area (Å²) in [7, 11) is 4.51. The fourth-order valence-electron chi connectivity index (χ4n) is 8.02. The number of rotatable bonds is 4. The van der Waals surface area contributed by atoms with Crippen molar-refractivity contribution in [1.82, 2.24) is 5.06 Å². The maximum absolute atomic E-state index is 15.5. The Hall–Kier alpha value is -1.40. The van der Waals surface area contributed by atoms with Crippen LogP contribution in [-0.4, -0.2) is 56.5 Å². The highest BCUT2D eigenvalue weighted by Crippen LogP contribution is 2.71. The molecule has 39 heavy (non-hydrogen) atoms. The molecule has 1 heterocycles. The van der Waals surface area contributed by atoms with E-state index in [1.54, 1.807) is 24.5 Å². The molecule has 0 saturated heterocycles. The van der Waals surface area contributed by atoms with Gasteiger partial charge in [-0.2, -0.15) is 10.3 Å². The fraction of sp³-hybridized carbons (Fsp3) is 0.621. The first kappa shape index (κ1) is 30.6. The third-order valence-electron chi connectivity index (χ3n) is 9.71. The highest BCUT2D eigenvalue weighted by molar-refractivity contribution is 8.13. The van der Waals surface area contributed by atoms with Crippen molar-refractivity contribution in [1.29, 1.82) is 5.26 Å². The summed E-state index contributed by atoms with van der Waals surface area (Å²) in [4.78, 5) is 26.2. The van der Waals surface area contributed by atoms with Crippen LogP contribution in [0.4, 0.5) is 4.39 Å². The van der Waals surface area contributed by atoms with Crippen molar-refractivity contribution in [2.24, 2.45) is 34.5 Å². The topological polar surface area (TPSA) is 102 Å².